The van der Waals surface area contributed by atoms with Crippen molar-refractivity contribution in [1.29, 1.82) is 0 Å². The van der Waals surface area contributed by atoms with Crippen molar-refractivity contribution in [3.05, 3.63) is 18.3 Å². The van der Waals surface area contributed by atoms with Crippen LogP contribution in [0.3, 0.4) is 0 Å². The van der Waals surface area contributed by atoms with Crippen LogP contribution < -0.4 is 5.46 Å². The van der Waals surface area contributed by atoms with Crippen LogP contribution in [0.15, 0.2) is 23.4 Å². The predicted molar refractivity (Wildman–Crippen MR) is 51.8 cm³/mol. The molecule has 7 heteroatoms. The molecule has 5 nitrogen and oxygen atoms in total. The van der Waals surface area contributed by atoms with Crippen LogP contribution in [0.1, 0.15) is 6.92 Å². The maximum Gasteiger partial charge on any atom is 0.490 e. The van der Waals surface area contributed by atoms with Crippen molar-refractivity contribution >= 4 is 22.4 Å². The molecule has 1 rings (SSSR count). The van der Waals surface area contributed by atoms with Crippen LogP contribution >= 0.6 is 0 Å². The number of hydrogen-bond donors (Lipinski definition) is 2. The lowest BCUT2D eigenvalue weighted by Crippen LogP contribution is -2.30. The van der Waals surface area contributed by atoms with Crippen molar-refractivity contribution < 1.29 is 18.5 Å². The van der Waals surface area contributed by atoms with Crippen molar-refractivity contribution in [2.45, 2.75) is 11.9 Å². The molecule has 0 saturated carbocycles. The van der Waals surface area contributed by atoms with Gasteiger partial charge in [0.15, 0.2) is 14.9 Å². The van der Waals surface area contributed by atoms with Gasteiger partial charge in [-0.1, -0.05) is 13.0 Å². The molecule has 0 atom stereocenters. The fourth-order valence-corrected chi connectivity index (χ4v) is 1.66. The third-order valence-electron chi connectivity index (χ3n) is 1.76. The summed E-state index contributed by atoms with van der Waals surface area (Å²) in [6.45, 7) is 1.52. The van der Waals surface area contributed by atoms with E-state index in [4.69, 9.17) is 10.0 Å². The lowest BCUT2D eigenvalue weighted by atomic mass is 9.82. The van der Waals surface area contributed by atoms with Gasteiger partial charge in [0.25, 0.3) is 0 Å². The van der Waals surface area contributed by atoms with Crippen LogP contribution in [0.25, 0.3) is 0 Å². The highest BCUT2D eigenvalue weighted by molar-refractivity contribution is 7.91. The number of pyridine rings is 1. The molecule has 1 aromatic heterocycles. The van der Waals surface area contributed by atoms with Crippen molar-refractivity contribution in [1.82, 2.24) is 4.98 Å². The molecule has 1 aromatic rings. The van der Waals surface area contributed by atoms with Crippen LogP contribution in [-0.2, 0) is 9.84 Å². The Morgan fingerprint density at radius 1 is 1.43 bits per heavy atom. The monoisotopic (exact) mass is 215 g/mol. The Morgan fingerprint density at radius 2 is 2.07 bits per heavy atom. The molecule has 0 spiro atoms. The third-order valence-corrected chi connectivity index (χ3v) is 3.39. The average Bonchev–Trinajstić information content (AvgIpc) is 2.18. The molecule has 0 aliphatic heterocycles. The summed E-state index contributed by atoms with van der Waals surface area (Å²) in [5.41, 5.74) is 0.167. The minimum Gasteiger partial charge on any atom is -0.423 e. The summed E-state index contributed by atoms with van der Waals surface area (Å²) in [5.74, 6) is -0.0268. The summed E-state index contributed by atoms with van der Waals surface area (Å²) in [4.78, 5) is 3.63. The second-order valence-electron chi connectivity index (χ2n) is 2.71. The Labute approximate surface area is 82.5 Å². The van der Waals surface area contributed by atoms with Gasteiger partial charge in [0.1, 0.15) is 0 Å². The second kappa shape index (κ2) is 4.08. The zero-order valence-corrected chi connectivity index (χ0v) is 8.40. The van der Waals surface area contributed by atoms with Gasteiger partial charge in [0.05, 0.1) is 5.75 Å². The first-order valence-corrected chi connectivity index (χ1v) is 5.67. The highest BCUT2D eigenvalue weighted by atomic mass is 32.2. The first-order chi connectivity index (χ1) is 6.47. The summed E-state index contributed by atoms with van der Waals surface area (Å²) in [6.07, 6.45) is 1.13. The molecule has 0 unspecified atom stereocenters. The van der Waals surface area contributed by atoms with Gasteiger partial charge in [-0.3, -0.25) is 0 Å². The number of rotatable bonds is 3. The van der Waals surface area contributed by atoms with E-state index < -0.39 is 17.0 Å². The van der Waals surface area contributed by atoms with E-state index in [0.717, 1.165) is 6.20 Å². The standard InChI is InChI=1S/C7H10BNO4S/c1-2-14(12,13)7-4-3-6(5-9-7)8(10)11/h3-5,10-11H,2H2,1H3. The molecule has 2 N–H and O–H groups in total. The normalized spacial score (nSPS) is 11.4. The molecule has 0 aromatic carbocycles. The van der Waals surface area contributed by atoms with Gasteiger partial charge in [-0.25, -0.2) is 13.4 Å². The Kier molecular flexibility index (Phi) is 3.25. The number of hydrogen-bond acceptors (Lipinski definition) is 5. The maximum absolute atomic E-state index is 11.3. The van der Waals surface area contributed by atoms with Crippen LogP contribution in [0, 0.1) is 0 Å². The van der Waals surface area contributed by atoms with Gasteiger partial charge in [0, 0.05) is 11.7 Å². The summed E-state index contributed by atoms with van der Waals surface area (Å²) in [5, 5.41) is 17.4. The van der Waals surface area contributed by atoms with E-state index in [0.29, 0.717) is 0 Å². The lowest BCUT2D eigenvalue weighted by Gasteiger charge is -2.01. The van der Waals surface area contributed by atoms with Gasteiger partial charge < -0.3 is 10.0 Å². The van der Waals surface area contributed by atoms with Gasteiger partial charge >= 0.3 is 7.12 Å². The molecular weight excluding hydrogens is 205 g/mol. The molecule has 0 aliphatic carbocycles. The minimum atomic E-state index is -3.32. The summed E-state index contributed by atoms with van der Waals surface area (Å²) in [6, 6.07) is 2.58. The fourth-order valence-electron chi connectivity index (χ4n) is 0.876. The largest absolute Gasteiger partial charge is 0.490 e. The minimum absolute atomic E-state index is 0.0268. The number of sulfone groups is 1. The van der Waals surface area contributed by atoms with Crippen molar-refractivity contribution in [2.24, 2.45) is 0 Å². The van der Waals surface area contributed by atoms with Crippen LogP contribution in [0.4, 0.5) is 0 Å². The zero-order valence-electron chi connectivity index (χ0n) is 7.58. The van der Waals surface area contributed by atoms with Gasteiger partial charge in [0.2, 0.25) is 0 Å². The third kappa shape index (κ3) is 2.31. The quantitative estimate of drug-likeness (QED) is 0.602. The van der Waals surface area contributed by atoms with Gasteiger partial charge in [-0.05, 0) is 6.07 Å². The summed E-state index contributed by atoms with van der Waals surface area (Å²) < 4.78 is 22.6. The van der Waals surface area contributed by atoms with E-state index in [1.165, 1.54) is 19.1 Å². The Hall–Kier alpha value is -0.915. The van der Waals surface area contributed by atoms with E-state index in [9.17, 15) is 8.42 Å². The zero-order chi connectivity index (χ0) is 10.8. The molecule has 0 bridgehead atoms. The average molecular weight is 215 g/mol. The summed E-state index contributed by atoms with van der Waals surface area (Å²) >= 11 is 0. The first kappa shape index (κ1) is 11.2. The Balaban J connectivity index is 3.06. The maximum atomic E-state index is 11.3. The Bertz CT molecular complexity index is 400. The number of nitrogens with zero attached hydrogens (tertiary/aromatic N) is 1. The molecule has 0 amide bonds. The first-order valence-electron chi connectivity index (χ1n) is 4.02. The lowest BCUT2D eigenvalue weighted by molar-refractivity contribution is 0.425. The highest BCUT2D eigenvalue weighted by Gasteiger charge is 2.15. The molecule has 0 saturated heterocycles. The van der Waals surface area contributed by atoms with E-state index in [-0.39, 0.29) is 16.2 Å². The van der Waals surface area contributed by atoms with Crippen LogP contribution in [-0.4, -0.2) is 36.3 Å². The number of aromatic nitrogens is 1. The molecule has 0 fully saturated rings. The predicted octanol–water partition coefficient (Wildman–Crippen LogP) is -1.45. The Morgan fingerprint density at radius 3 is 2.43 bits per heavy atom. The molecule has 0 aliphatic rings. The van der Waals surface area contributed by atoms with Crippen LogP contribution in [0.2, 0.25) is 0 Å². The fraction of sp³-hybridized carbons (Fsp3) is 0.286. The van der Waals surface area contributed by atoms with Crippen molar-refractivity contribution in [3.8, 4) is 0 Å². The van der Waals surface area contributed by atoms with E-state index in [2.05, 4.69) is 4.98 Å². The molecule has 14 heavy (non-hydrogen) atoms. The topological polar surface area (TPSA) is 87.5 Å². The SMILES string of the molecule is CCS(=O)(=O)c1ccc(B(O)O)cn1. The van der Waals surface area contributed by atoms with E-state index in [1.54, 1.807) is 0 Å². The van der Waals surface area contributed by atoms with Crippen LogP contribution in [0.5, 0.6) is 0 Å². The van der Waals surface area contributed by atoms with Crippen molar-refractivity contribution in [2.75, 3.05) is 5.75 Å². The van der Waals surface area contributed by atoms with E-state index in [1.807, 2.05) is 0 Å². The molecule has 1 heterocycles. The summed E-state index contributed by atoms with van der Waals surface area (Å²) in [7, 11) is -4.94. The highest BCUT2D eigenvalue weighted by Crippen LogP contribution is 2.04. The second-order valence-corrected chi connectivity index (χ2v) is 4.93. The van der Waals surface area contributed by atoms with Gasteiger partial charge in [-0.15, -0.1) is 0 Å². The van der Waals surface area contributed by atoms with E-state index >= 15 is 0 Å². The van der Waals surface area contributed by atoms with Gasteiger partial charge in [-0.2, -0.15) is 0 Å². The smallest absolute Gasteiger partial charge is 0.423 e. The molecular formula is C7H10BNO4S. The molecule has 76 valence electrons. The molecule has 0 radical (unpaired) electrons. The van der Waals surface area contributed by atoms with Crippen molar-refractivity contribution in [3.63, 3.8) is 0 Å².